The van der Waals surface area contributed by atoms with Gasteiger partial charge in [-0.15, -0.1) is 0 Å². The second-order valence-electron chi connectivity index (χ2n) is 6.39. The molecule has 1 aromatic heterocycles. The number of fused-ring (bicyclic) bond motifs is 1. The summed E-state index contributed by atoms with van der Waals surface area (Å²) in [6.07, 6.45) is 3.65. The van der Waals surface area contributed by atoms with Crippen molar-refractivity contribution in [2.45, 2.75) is 49.9 Å². The Morgan fingerprint density at radius 3 is 2.58 bits per heavy atom. The van der Waals surface area contributed by atoms with Gasteiger partial charge in [-0.3, -0.25) is 14.4 Å². The highest BCUT2D eigenvalue weighted by molar-refractivity contribution is 8.00. The number of rotatable bonds is 5. The van der Waals surface area contributed by atoms with Gasteiger partial charge in [0.05, 0.1) is 10.9 Å². The first kappa shape index (κ1) is 18.4. The minimum absolute atomic E-state index is 0.0192. The van der Waals surface area contributed by atoms with E-state index in [0.717, 1.165) is 36.9 Å². The number of Topliss-reactive ketones (excluding diaryl/α,β-unsaturated/α-hetero) is 1. The number of H-pyrrole nitrogens is 1. The van der Waals surface area contributed by atoms with Crippen molar-refractivity contribution in [1.82, 2.24) is 9.97 Å². The summed E-state index contributed by atoms with van der Waals surface area (Å²) >= 11 is 1.23. The van der Waals surface area contributed by atoms with Gasteiger partial charge in [-0.25, -0.2) is 4.98 Å². The van der Waals surface area contributed by atoms with Gasteiger partial charge in [0.1, 0.15) is 0 Å². The Bertz CT molecular complexity index is 890. The second-order valence-corrected chi connectivity index (χ2v) is 7.72. The maximum absolute atomic E-state index is 12.4. The topological polar surface area (TPSA) is 91.9 Å². The van der Waals surface area contributed by atoms with Crippen molar-refractivity contribution in [2.75, 3.05) is 5.32 Å². The quantitative estimate of drug-likeness (QED) is 0.479. The number of nitrogens with zero attached hydrogens (tertiary/aromatic N) is 1. The van der Waals surface area contributed by atoms with E-state index in [1.165, 1.54) is 18.7 Å². The molecular weight excluding hydrogens is 350 g/mol. The Morgan fingerprint density at radius 1 is 1.19 bits per heavy atom. The lowest BCUT2D eigenvalue weighted by Crippen LogP contribution is -2.25. The average molecular weight is 371 g/mol. The van der Waals surface area contributed by atoms with Crippen LogP contribution in [0.5, 0.6) is 0 Å². The molecule has 6 nitrogen and oxygen atoms in total. The number of thioether (sulfide) groups is 1. The lowest BCUT2D eigenvalue weighted by Gasteiger charge is -2.16. The van der Waals surface area contributed by atoms with Crippen molar-refractivity contribution in [2.24, 2.45) is 0 Å². The van der Waals surface area contributed by atoms with Gasteiger partial charge in [-0.1, -0.05) is 11.8 Å². The molecule has 1 heterocycles. The Kier molecular flexibility index (Phi) is 5.56. The molecule has 1 atom stereocenters. The van der Waals surface area contributed by atoms with Crippen LogP contribution in [-0.2, 0) is 17.6 Å². The number of carbonyl (C=O) groups excluding carboxylic acids is 2. The first-order valence-electron chi connectivity index (χ1n) is 8.64. The molecule has 0 bridgehead atoms. The van der Waals surface area contributed by atoms with Crippen LogP contribution in [0.15, 0.2) is 34.2 Å². The summed E-state index contributed by atoms with van der Waals surface area (Å²) in [5, 5.41) is 2.87. The zero-order valence-corrected chi connectivity index (χ0v) is 15.6. The number of hydrogen-bond donors (Lipinski definition) is 2. The Hall–Kier alpha value is -2.41. The van der Waals surface area contributed by atoms with Crippen LogP contribution < -0.4 is 10.9 Å². The fourth-order valence-electron chi connectivity index (χ4n) is 2.89. The number of ketones is 1. The number of amides is 1. The van der Waals surface area contributed by atoms with E-state index in [9.17, 15) is 14.4 Å². The second kappa shape index (κ2) is 7.86. The summed E-state index contributed by atoms with van der Waals surface area (Å²) in [4.78, 5) is 43.2. The predicted octanol–water partition coefficient (Wildman–Crippen LogP) is 2.97. The number of aryl methyl sites for hydroxylation is 1. The van der Waals surface area contributed by atoms with Gasteiger partial charge in [0, 0.05) is 16.8 Å². The molecule has 0 aliphatic heterocycles. The third-order valence-electron chi connectivity index (χ3n) is 4.39. The molecular formula is C19H21N3O3S. The molecule has 7 heteroatoms. The summed E-state index contributed by atoms with van der Waals surface area (Å²) in [5.74, 6) is -0.208. The fourth-order valence-corrected chi connectivity index (χ4v) is 3.70. The largest absolute Gasteiger partial charge is 0.325 e. The molecule has 136 valence electrons. The monoisotopic (exact) mass is 371 g/mol. The maximum atomic E-state index is 12.4. The average Bonchev–Trinajstić information content (AvgIpc) is 2.62. The highest BCUT2D eigenvalue weighted by Crippen LogP contribution is 2.23. The number of hydrogen-bond acceptors (Lipinski definition) is 5. The zero-order valence-electron chi connectivity index (χ0n) is 14.8. The van der Waals surface area contributed by atoms with Crippen LogP contribution in [-0.4, -0.2) is 26.9 Å². The molecule has 0 fully saturated rings. The van der Waals surface area contributed by atoms with Crippen LogP contribution in [0.25, 0.3) is 0 Å². The lowest BCUT2D eigenvalue weighted by atomic mass is 9.97. The van der Waals surface area contributed by atoms with Gasteiger partial charge < -0.3 is 10.3 Å². The summed E-state index contributed by atoms with van der Waals surface area (Å²) in [5.41, 5.74) is 2.77. The van der Waals surface area contributed by atoms with Crippen LogP contribution in [0.3, 0.4) is 0 Å². The maximum Gasteiger partial charge on any atom is 0.254 e. The molecule has 0 saturated heterocycles. The zero-order chi connectivity index (χ0) is 18.7. The number of nitrogens with one attached hydrogen (secondary N) is 2. The van der Waals surface area contributed by atoms with Crippen molar-refractivity contribution in [1.29, 1.82) is 0 Å². The van der Waals surface area contributed by atoms with E-state index >= 15 is 0 Å². The van der Waals surface area contributed by atoms with E-state index in [0.29, 0.717) is 16.4 Å². The van der Waals surface area contributed by atoms with Crippen molar-refractivity contribution in [3.05, 3.63) is 51.4 Å². The molecule has 0 spiro atoms. The number of aromatic nitrogens is 2. The van der Waals surface area contributed by atoms with Crippen molar-refractivity contribution < 1.29 is 9.59 Å². The van der Waals surface area contributed by atoms with E-state index in [1.807, 2.05) is 0 Å². The van der Waals surface area contributed by atoms with Gasteiger partial charge >= 0.3 is 0 Å². The van der Waals surface area contributed by atoms with E-state index < -0.39 is 5.25 Å². The molecule has 1 unspecified atom stereocenters. The van der Waals surface area contributed by atoms with E-state index in [4.69, 9.17) is 0 Å². The van der Waals surface area contributed by atoms with Gasteiger partial charge in [0.2, 0.25) is 5.91 Å². The first-order valence-corrected chi connectivity index (χ1v) is 9.52. The summed E-state index contributed by atoms with van der Waals surface area (Å²) < 4.78 is 0. The molecule has 3 rings (SSSR count). The van der Waals surface area contributed by atoms with Gasteiger partial charge in [0.25, 0.3) is 5.56 Å². The first-order chi connectivity index (χ1) is 12.4. The van der Waals surface area contributed by atoms with E-state index in [2.05, 4.69) is 15.3 Å². The summed E-state index contributed by atoms with van der Waals surface area (Å²) in [6.45, 7) is 3.27. The Labute approximate surface area is 155 Å². The van der Waals surface area contributed by atoms with E-state index in [1.54, 1.807) is 31.2 Å². The van der Waals surface area contributed by atoms with E-state index in [-0.39, 0.29) is 17.2 Å². The van der Waals surface area contributed by atoms with Crippen molar-refractivity contribution in [3.8, 4) is 0 Å². The smallest absolute Gasteiger partial charge is 0.254 e. The highest BCUT2D eigenvalue weighted by atomic mass is 32.2. The van der Waals surface area contributed by atoms with Gasteiger partial charge in [0.15, 0.2) is 10.9 Å². The molecule has 0 saturated carbocycles. The van der Waals surface area contributed by atoms with Crippen molar-refractivity contribution in [3.63, 3.8) is 0 Å². The molecule has 2 N–H and O–H groups in total. The molecule has 0 radical (unpaired) electrons. The Morgan fingerprint density at radius 2 is 1.88 bits per heavy atom. The highest BCUT2D eigenvalue weighted by Gasteiger charge is 2.20. The molecule has 1 aromatic carbocycles. The van der Waals surface area contributed by atoms with Crippen LogP contribution in [0.4, 0.5) is 5.69 Å². The third-order valence-corrected chi connectivity index (χ3v) is 5.37. The molecule has 1 amide bonds. The molecule has 1 aliphatic carbocycles. The summed E-state index contributed by atoms with van der Waals surface area (Å²) in [6, 6.07) is 6.76. The minimum Gasteiger partial charge on any atom is -0.325 e. The normalized spacial score (nSPS) is 14.4. The molecule has 2 aromatic rings. The van der Waals surface area contributed by atoms with Gasteiger partial charge in [-0.2, -0.15) is 0 Å². The number of aromatic amines is 1. The standard InChI is InChI=1S/C19H21N3O3S/c1-11(23)13-7-9-14(10-8-13)20-17(24)12(2)26-19-21-16-6-4-3-5-15(16)18(25)22-19/h7-10,12H,3-6H2,1-2H3,(H,20,24)(H,21,22,25). The predicted molar refractivity (Wildman–Crippen MR) is 102 cm³/mol. The van der Waals surface area contributed by atoms with Crippen LogP contribution in [0.1, 0.15) is 48.3 Å². The van der Waals surface area contributed by atoms with Crippen LogP contribution in [0.2, 0.25) is 0 Å². The number of anilines is 1. The molecule has 1 aliphatic rings. The van der Waals surface area contributed by atoms with Gasteiger partial charge in [-0.05, 0) is 63.8 Å². The number of benzene rings is 1. The van der Waals surface area contributed by atoms with Crippen LogP contribution >= 0.6 is 11.8 Å². The fraction of sp³-hybridized carbons (Fsp3) is 0.368. The molecule has 26 heavy (non-hydrogen) atoms. The SMILES string of the molecule is CC(=O)c1ccc(NC(=O)C(C)Sc2nc3c(c(=O)[nH]2)CCCC3)cc1. The lowest BCUT2D eigenvalue weighted by molar-refractivity contribution is -0.115. The minimum atomic E-state index is -0.424. The van der Waals surface area contributed by atoms with Crippen molar-refractivity contribution >= 4 is 29.1 Å². The number of carbonyl (C=O) groups is 2. The summed E-state index contributed by atoms with van der Waals surface area (Å²) in [7, 11) is 0. The third kappa shape index (κ3) is 4.22. The Balaban J connectivity index is 1.66. The van der Waals surface area contributed by atoms with Crippen LogP contribution in [0, 0.1) is 0 Å².